The first-order chi connectivity index (χ1) is 8.20. The van der Waals surface area contributed by atoms with E-state index in [-0.39, 0.29) is 11.9 Å². The third-order valence-corrected chi connectivity index (χ3v) is 3.51. The summed E-state index contributed by atoms with van der Waals surface area (Å²) in [5.41, 5.74) is 0. The molecule has 0 aliphatic rings. The summed E-state index contributed by atoms with van der Waals surface area (Å²) in [5.74, 6) is 1.16. The van der Waals surface area contributed by atoms with Crippen LogP contribution in [0.25, 0.3) is 10.2 Å². The Hall–Kier alpha value is -0.910. The predicted molar refractivity (Wildman–Crippen MR) is 71.8 cm³/mol. The van der Waals surface area contributed by atoms with E-state index >= 15 is 0 Å². The first-order valence-electron chi connectivity index (χ1n) is 5.46. The predicted octanol–water partition coefficient (Wildman–Crippen LogP) is 2.78. The molecule has 17 heavy (non-hydrogen) atoms. The molecule has 2 heterocycles. The third kappa shape index (κ3) is 3.06. The molecule has 2 N–H and O–H groups in total. The molecule has 0 radical (unpaired) electrons. The largest absolute Gasteiger partial charge is 0.396 e. The van der Waals surface area contributed by atoms with Crippen LogP contribution < -0.4 is 5.32 Å². The average Bonchev–Trinajstić information content (AvgIpc) is 2.74. The molecule has 2 rings (SSSR count). The van der Waals surface area contributed by atoms with E-state index in [2.05, 4.69) is 22.2 Å². The lowest BCUT2D eigenvalue weighted by molar-refractivity contribution is 0.266. The van der Waals surface area contributed by atoms with Gasteiger partial charge in [-0.05, 0) is 35.4 Å². The fourth-order valence-electron chi connectivity index (χ4n) is 1.56. The maximum absolute atomic E-state index is 8.84. The van der Waals surface area contributed by atoms with Crippen LogP contribution in [0.2, 0.25) is 5.28 Å². The molecular weight excluding hydrogens is 258 g/mol. The lowest BCUT2D eigenvalue weighted by atomic mass is 10.1. The summed E-state index contributed by atoms with van der Waals surface area (Å²) >= 11 is 7.41. The Morgan fingerprint density at radius 2 is 2.35 bits per heavy atom. The molecule has 2 aromatic heterocycles. The highest BCUT2D eigenvalue weighted by Crippen LogP contribution is 2.26. The SMILES string of the molecule is CC(CCO)CNc1nc(Cl)nc2sccc12. The number of thiophene rings is 1. The molecule has 0 spiro atoms. The zero-order chi connectivity index (χ0) is 12.3. The molecule has 0 saturated heterocycles. The van der Waals surface area contributed by atoms with Crippen molar-refractivity contribution in [2.24, 2.45) is 5.92 Å². The molecule has 0 aromatic carbocycles. The van der Waals surface area contributed by atoms with Crippen LogP contribution >= 0.6 is 22.9 Å². The first-order valence-corrected chi connectivity index (χ1v) is 6.72. The van der Waals surface area contributed by atoms with Crippen molar-refractivity contribution in [2.75, 3.05) is 18.5 Å². The van der Waals surface area contributed by atoms with E-state index in [1.54, 1.807) is 11.3 Å². The second kappa shape index (κ2) is 5.62. The van der Waals surface area contributed by atoms with Crippen molar-refractivity contribution in [3.8, 4) is 0 Å². The summed E-state index contributed by atoms with van der Waals surface area (Å²) in [4.78, 5) is 9.24. The number of aromatic nitrogens is 2. The van der Waals surface area contributed by atoms with Gasteiger partial charge in [0.25, 0.3) is 0 Å². The van der Waals surface area contributed by atoms with Gasteiger partial charge in [-0.15, -0.1) is 11.3 Å². The van der Waals surface area contributed by atoms with Crippen LogP contribution in [0.4, 0.5) is 5.82 Å². The third-order valence-electron chi connectivity index (χ3n) is 2.54. The van der Waals surface area contributed by atoms with Crippen LogP contribution in [0, 0.1) is 5.92 Å². The van der Waals surface area contributed by atoms with Gasteiger partial charge >= 0.3 is 0 Å². The summed E-state index contributed by atoms with van der Waals surface area (Å²) in [7, 11) is 0. The average molecular weight is 272 g/mol. The molecule has 0 aliphatic carbocycles. The van der Waals surface area contributed by atoms with Crippen molar-refractivity contribution < 1.29 is 5.11 Å². The number of hydrogen-bond donors (Lipinski definition) is 2. The van der Waals surface area contributed by atoms with E-state index in [0.29, 0.717) is 5.92 Å². The highest BCUT2D eigenvalue weighted by molar-refractivity contribution is 7.16. The molecule has 0 bridgehead atoms. The number of fused-ring (bicyclic) bond motifs is 1. The zero-order valence-corrected chi connectivity index (χ0v) is 11.1. The van der Waals surface area contributed by atoms with E-state index in [0.717, 1.165) is 29.0 Å². The summed E-state index contributed by atoms with van der Waals surface area (Å²) in [6, 6.07) is 1.98. The second-order valence-electron chi connectivity index (χ2n) is 3.98. The normalized spacial score (nSPS) is 12.9. The maximum atomic E-state index is 8.84. The van der Waals surface area contributed by atoms with Crippen molar-refractivity contribution in [2.45, 2.75) is 13.3 Å². The molecule has 2 aromatic rings. The zero-order valence-electron chi connectivity index (χ0n) is 9.48. The molecule has 92 valence electrons. The minimum atomic E-state index is 0.210. The van der Waals surface area contributed by atoms with Crippen LogP contribution in [0.1, 0.15) is 13.3 Å². The Kier molecular flexibility index (Phi) is 4.15. The number of hydrogen-bond acceptors (Lipinski definition) is 5. The van der Waals surface area contributed by atoms with Crippen molar-refractivity contribution in [1.82, 2.24) is 9.97 Å². The van der Waals surface area contributed by atoms with Crippen LogP contribution in [-0.4, -0.2) is 28.2 Å². The van der Waals surface area contributed by atoms with Crippen LogP contribution in [0.15, 0.2) is 11.4 Å². The van der Waals surface area contributed by atoms with E-state index < -0.39 is 0 Å². The van der Waals surface area contributed by atoms with Gasteiger partial charge in [0, 0.05) is 13.2 Å². The van der Waals surface area contributed by atoms with Gasteiger partial charge in [0.1, 0.15) is 10.6 Å². The summed E-state index contributed by atoms with van der Waals surface area (Å²) < 4.78 is 0. The van der Waals surface area contributed by atoms with Gasteiger partial charge in [0.15, 0.2) is 0 Å². The van der Waals surface area contributed by atoms with Crippen LogP contribution in [0.3, 0.4) is 0 Å². The first kappa shape index (κ1) is 12.5. The topological polar surface area (TPSA) is 58.0 Å². The molecule has 1 atom stereocenters. The maximum Gasteiger partial charge on any atom is 0.225 e. The summed E-state index contributed by atoms with van der Waals surface area (Å²) in [6.45, 7) is 3.05. The molecule has 0 aliphatic heterocycles. The van der Waals surface area contributed by atoms with Gasteiger partial charge in [0.2, 0.25) is 5.28 Å². The number of aliphatic hydroxyl groups excluding tert-OH is 1. The van der Waals surface area contributed by atoms with Crippen molar-refractivity contribution in [3.05, 3.63) is 16.7 Å². The Balaban J connectivity index is 2.14. The number of nitrogens with one attached hydrogen (secondary N) is 1. The lowest BCUT2D eigenvalue weighted by Gasteiger charge is -2.12. The Morgan fingerprint density at radius 3 is 3.12 bits per heavy atom. The number of halogens is 1. The van der Waals surface area contributed by atoms with E-state index in [1.807, 2.05) is 11.4 Å². The van der Waals surface area contributed by atoms with E-state index in [1.165, 1.54) is 0 Å². The minimum absolute atomic E-state index is 0.210. The van der Waals surface area contributed by atoms with Crippen LogP contribution in [-0.2, 0) is 0 Å². The van der Waals surface area contributed by atoms with Crippen molar-refractivity contribution in [1.29, 1.82) is 0 Å². The molecule has 4 nitrogen and oxygen atoms in total. The molecular formula is C11H14ClN3OS. The summed E-state index contributed by atoms with van der Waals surface area (Å²) in [5, 5.41) is 15.3. The molecule has 0 saturated carbocycles. The molecule has 0 amide bonds. The summed E-state index contributed by atoms with van der Waals surface area (Å²) in [6.07, 6.45) is 0.776. The number of aliphatic hydroxyl groups is 1. The van der Waals surface area contributed by atoms with Gasteiger partial charge in [-0.25, -0.2) is 9.97 Å². The van der Waals surface area contributed by atoms with Gasteiger partial charge in [0.05, 0.1) is 5.39 Å². The van der Waals surface area contributed by atoms with Crippen molar-refractivity contribution in [3.63, 3.8) is 0 Å². The quantitative estimate of drug-likeness (QED) is 0.821. The highest BCUT2D eigenvalue weighted by atomic mass is 35.5. The molecule has 1 unspecified atom stereocenters. The Labute approximate surface area is 109 Å². The van der Waals surface area contributed by atoms with E-state index in [4.69, 9.17) is 16.7 Å². The number of nitrogens with zero attached hydrogens (tertiary/aromatic N) is 2. The Morgan fingerprint density at radius 1 is 1.53 bits per heavy atom. The minimum Gasteiger partial charge on any atom is -0.396 e. The smallest absolute Gasteiger partial charge is 0.225 e. The van der Waals surface area contributed by atoms with Gasteiger partial charge in [-0.2, -0.15) is 0 Å². The van der Waals surface area contributed by atoms with Crippen molar-refractivity contribution >= 4 is 39.0 Å². The molecule has 0 fully saturated rings. The highest BCUT2D eigenvalue weighted by Gasteiger charge is 2.08. The number of rotatable bonds is 5. The van der Waals surface area contributed by atoms with Gasteiger partial charge < -0.3 is 10.4 Å². The van der Waals surface area contributed by atoms with Crippen LogP contribution in [0.5, 0.6) is 0 Å². The fraction of sp³-hybridized carbons (Fsp3) is 0.455. The van der Waals surface area contributed by atoms with E-state index in [9.17, 15) is 0 Å². The van der Waals surface area contributed by atoms with Gasteiger partial charge in [-0.3, -0.25) is 0 Å². The Bertz CT molecular complexity index is 502. The standard InChI is InChI=1S/C11H14ClN3OS/c1-7(2-4-16)6-13-9-8-3-5-17-10(8)15-11(12)14-9/h3,5,7,16H,2,4,6H2,1H3,(H,13,14,15). The monoisotopic (exact) mass is 271 g/mol. The number of anilines is 1. The molecule has 6 heteroatoms. The van der Waals surface area contributed by atoms with Gasteiger partial charge in [-0.1, -0.05) is 6.92 Å². The fourth-order valence-corrected chi connectivity index (χ4v) is 2.54. The second-order valence-corrected chi connectivity index (χ2v) is 5.21. The lowest BCUT2D eigenvalue weighted by Crippen LogP contribution is -2.13.